The molecule has 3 amide bonds. The first-order chi connectivity index (χ1) is 10.9. The Bertz CT molecular complexity index is 708. The summed E-state index contributed by atoms with van der Waals surface area (Å²) < 4.78 is 0. The Kier molecular flexibility index (Phi) is 5.09. The lowest BCUT2D eigenvalue weighted by molar-refractivity contribution is -0.115. The van der Waals surface area contributed by atoms with Crippen molar-refractivity contribution in [3.8, 4) is 0 Å². The summed E-state index contributed by atoms with van der Waals surface area (Å²) in [5, 5.41) is 7.97. The van der Waals surface area contributed by atoms with Gasteiger partial charge in [-0.05, 0) is 30.3 Å². The summed E-state index contributed by atoms with van der Waals surface area (Å²) in [5.74, 6) is -0.867. The van der Waals surface area contributed by atoms with Gasteiger partial charge in [0.1, 0.15) is 0 Å². The van der Waals surface area contributed by atoms with Crippen LogP contribution in [0.1, 0.15) is 24.2 Å². The van der Waals surface area contributed by atoms with Crippen LogP contribution in [0, 0.1) is 0 Å². The molecule has 2 aromatic rings. The molecule has 6 heteroatoms. The van der Waals surface area contributed by atoms with Crippen molar-refractivity contribution in [1.82, 2.24) is 0 Å². The first-order valence-corrected chi connectivity index (χ1v) is 7.01. The van der Waals surface area contributed by atoms with Gasteiger partial charge in [-0.15, -0.1) is 0 Å². The van der Waals surface area contributed by atoms with Crippen LogP contribution < -0.4 is 16.0 Å². The average Bonchev–Trinajstić information content (AvgIpc) is 2.46. The fourth-order valence-electron chi connectivity index (χ4n) is 2.03. The molecule has 0 heterocycles. The number of benzene rings is 2. The van der Waals surface area contributed by atoms with Gasteiger partial charge in [0, 0.05) is 36.5 Å². The quantitative estimate of drug-likeness (QED) is 0.811. The number of rotatable bonds is 4. The molecular formula is C17H17N3O3. The van der Waals surface area contributed by atoms with Gasteiger partial charge in [-0.25, -0.2) is 0 Å². The molecule has 23 heavy (non-hydrogen) atoms. The molecule has 3 N–H and O–H groups in total. The van der Waals surface area contributed by atoms with Gasteiger partial charge in [-0.2, -0.15) is 0 Å². The first kappa shape index (κ1) is 16.2. The van der Waals surface area contributed by atoms with Gasteiger partial charge in [0.25, 0.3) is 5.91 Å². The number of hydrogen-bond donors (Lipinski definition) is 3. The predicted octanol–water partition coefficient (Wildman–Crippen LogP) is 2.86. The molecule has 0 unspecified atom stereocenters. The third-order valence-electron chi connectivity index (χ3n) is 2.87. The van der Waals surface area contributed by atoms with Gasteiger partial charge in [0.2, 0.25) is 11.8 Å². The predicted molar refractivity (Wildman–Crippen MR) is 89.4 cm³/mol. The first-order valence-electron chi connectivity index (χ1n) is 7.01. The summed E-state index contributed by atoms with van der Waals surface area (Å²) in [7, 11) is 0. The number of nitrogens with one attached hydrogen (secondary N) is 3. The summed E-state index contributed by atoms with van der Waals surface area (Å²) >= 11 is 0. The van der Waals surface area contributed by atoms with Crippen molar-refractivity contribution in [3.63, 3.8) is 0 Å². The normalized spacial score (nSPS) is 9.83. The molecule has 2 rings (SSSR count). The van der Waals surface area contributed by atoms with Crippen LogP contribution in [0.4, 0.5) is 17.1 Å². The second kappa shape index (κ2) is 7.22. The average molecular weight is 311 g/mol. The highest BCUT2D eigenvalue weighted by molar-refractivity contribution is 6.06. The van der Waals surface area contributed by atoms with Crippen LogP contribution in [-0.2, 0) is 9.59 Å². The summed E-state index contributed by atoms with van der Waals surface area (Å²) in [4.78, 5) is 34.8. The molecule has 6 nitrogen and oxygen atoms in total. The van der Waals surface area contributed by atoms with Crippen molar-refractivity contribution in [2.45, 2.75) is 13.8 Å². The molecule has 0 fully saturated rings. The second-order valence-electron chi connectivity index (χ2n) is 4.98. The largest absolute Gasteiger partial charge is 0.326 e. The standard InChI is InChI=1S/C17H17N3O3/c1-11(21)18-15-8-13(9-16(10-15)19-12(2)22)17(23)20-14-6-4-3-5-7-14/h3-10H,1-2H3,(H,18,21)(H,19,22)(H,20,23). The van der Waals surface area contributed by atoms with E-state index in [4.69, 9.17) is 0 Å². The van der Waals surface area contributed by atoms with Crippen molar-refractivity contribution >= 4 is 34.8 Å². The maximum Gasteiger partial charge on any atom is 0.255 e. The Morgan fingerprint density at radius 2 is 1.22 bits per heavy atom. The Morgan fingerprint density at radius 1 is 0.696 bits per heavy atom. The van der Waals surface area contributed by atoms with E-state index in [-0.39, 0.29) is 17.7 Å². The summed E-state index contributed by atoms with van der Waals surface area (Å²) in [6.45, 7) is 2.74. The molecule has 0 bridgehead atoms. The van der Waals surface area contributed by atoms with Crippen molar-refractivity contribution < 1.29 is 14.4 Å². The SMILES string of the molecule is CC(=O)Nc1cc(NC(C)=O)cc(C(=O)Nc2ccccc2)c1. The molecule has 0 spiro atoms. The van der Waals surface area contributed by atoms with Crippen LogP contribution in [0.5, 0.6) is 0 Å². The van der Waals surface area contributed by atoms with Crippen LogP contribution >= 0.6 is 0 Å². The maximum absolute atomic E-state index is 12.4. The lowest BCUT2D eigenvalue weighted by atomic mass is 10.1. The van der Waals surface area contributed by atoms with Crippen molar-refractivity contribution in [2.75, 3.05) is 16.0 Å². The lowest BCUT2D eigenvalue weighted by Crippen LogP contribution is -2.15. The van der Waals surface area contributed by atoms with Crippen LogP contribution in [0.25, 0.3) is 0 Å². The Hall–Kier alpha value is -3.15. The Labute approximate surface area is 133 Å². The molecule has 0 atom stereocenters. The fourth-order valence-corrected chi connectivity index (χ4v) is 2.03. The van der Waals surface area contributed by atoms with E-state index in [0.29, 0.717) is 22.6 Å². The number of carbonyl (C=O) groups is 3. The highest BCUT2D eigenvalue weighted by atomic mass is 16.2. The third-order valence-corrected chi connectivity index (χ3v) is 2.87. The highest BCUT2D eigenvalue weighted by Crippen LogP contribution is 2.20. The zero-order valence-corrected chi connectivity index (χ0v) is 12.8. The molecule has 0 saturated heterocycles. The lowest BCUT2D eigenvalue weighted by Gasteiger charge is -2.11. The summed E-state index contributed by atoms with van der Waals surface area (Å²) in [5.41, 5.74) is 1.84. The molecule has 2 aromatic carbocycles. The van der Waals surface area contributed by atoms with E-state index < -0.39 is 0 Å². The second-order valence-corrected chi connectivity index (χ2v) is 4.98. The van der Waals surface area contributed by atoms with E-state index in [1.807, 2.05) is 18.2 Å². The van der Waals surface area contributed by atoms with E-state index in [1.54, 1.807) is 30.3 Å². The Morgan fingerprint density at radius 3 is 1.70 bits per heavy atom. The smallest absolute Gasteiger partial charge is 0.255 e. The van der Waals surface area contributed by atoms with Crippen molar-refractivity contribution in [3.05, 3.63) is 54.1 Å². The number of amides is 3. The van der Waals surface area contributed by atoms with E-state index >= 15 is 0 Å². The topological polar surface area (TPSA) is 87.3 Å². The number of hydrogen-bond acceptors (Lipinski definition) is 3. The minimum Gasteiger partial charge on any atom is -0.326 e. The molecule has 0 aliphatic heterocycles. The summed E-state index contributed by atoms with van der Waals surface area (Å²) in [6.07, 6.45) is 0. The molecule has 0 aromatic heterocycles. The van der Waals surface area contributed by atoms with E-state index in [2.05, 4.69) is 16.0 Å². The van der Waals surface area contributed by atoms with E-state index in [1.165, 1.54) is 13.8 Å². The van der Waals surface area contributed by atoms with Crippen LogP contribution in [0.2, 0.25) is 0 Å². The van der Waals surface area contributed by atoms with Gasteiger partial charge in [0.15, 0.2) is 0 Å². The highest BCUT2D eigenvalue weighted by Gasteiger charge is 2.11. The van der Waals surface area contributed by atoms with Crippen LogP contribution in [0.3, 0.4) is 0 Å². The molecule has 0 radical (unpaired) electrons. The zero-order valence-electron chi connectivity index (χ0n) is 12.8. The van der Waals surface area contributed by atoms with Crippen molar-refractivity contribution in [1.29, 1.82) is 0 Å². The van der Waals surface area contributed by atoms with Gasteiger partial charge in [-0.3, -0.25) is 14.4 Å². The molecular weight excluding hydrogens is 294 g/mol. The minimum atomic E-state index is -0.338. The van der Waals surface area contributed by atoms with E-state index in [0.717, 1.165) is 0 Å². The number of para-hydroxylation sites is 1. The molecule has 0 aliphatic carbocycles. The minimum absolute atomic E-state index is 0.264. The third kappa shape index (κ3) is 4.96. The van der Waals surface area contributed by atoms with Crippen LogP contribution in [0.15, 0.2) is 48.5 Å². The van der Waals surface area contributed by atoms with E-state index in [9.17, 15) is 14.4 Å². The van der Waals surface area contributed by atoms with Crippen LogP contribution in [-0.4, -0.2) is 17.7 Å². The Balaban J connectivity index is 2.29. The molecule has 0 saturated carbocycles. The van der Waals surface area contributed by atoms with Gasteiger partial charge >= 0.3 is 0 Å². The summed E-state index contributed by atoms with van der Waals surface area (Å²) in [6, 6.07) is 13.7. The molecule has 0 aliphatic rings. The van der Waals surface area contributed by atoms with Gasteiger partial charge in [-0.1, -0.05) is 18.2 Å². The number of anilines is 3. The maximum atomic E-state index is 12.4. The fraction of sp³-hybridized carbons (Fsp3) is 0.118. The number of carbonyl (C=O) groups excluding carboxylic acids is 3. The van der Waals surface area contributed by atoms with Gasteiger partial charge in [0.05, 0.1) is 0 Å². The zero-order chi connectivity index (χ0) is 16.8. The van der Waals surface area contributed by atoms with Gasteiger partial charge < -0.3 is 16.0 Å². The monoisotopic (exact) mass is 311 g/mol. The molecule has 118 valence electrons. The van der Waals surface area contributed by atoms with Crippen molar-refractivity contribution in [2.24, 2.45) is 0 Å².